The second-order valence-corrected chi connectivity index (χ2v) is 6.93. The summed E-state index contributed by atoms with van der Waals surface area (Å²) >= 11 is 0. The first-order chi connectivity index (χ1) is 13.7. The maximum atomic E-state index is 12.6. The third-order valence-electron chi connectivity index (χ3n) is 4.80. The largest absolute Gasteiger partial charge is 0.376 e. The zero-order valence-electron chi connectivity index (χ0n) is 16.0. The van der Waals surface area contributed by atoms with Gasteiger partial charge in [0.15, 0.2) is 0 Å². The lowest BCUT2D eigenvalue weighted by atomic mass is 9.97. The Morgan fingerprint density at radius 2 is 1.71 bits per heavy atom. The van der Waals surface area contributed by atoms with Gasteiger partial charge in [-0.1, -0.05) is 42.0 Å². The summed E-state index contributed by atoms with van der Waals surface area (Å²) in [7, 11) is 0. The van der Waals surface area contributed by atoms with Crippen LogP contribution in [0.25, 0.3) is 0 Å². The fourth-order valence-corrected chi connectivity index (χ4v) is 3.29. The van der Waals surface area contributed by atoms with Crippen LogP contribution in [-0.2, 0) is 4.79 Å². The van der Waals surface area contributed by atoms with Gasteiger partial charge in [0.25, 0.3) is 5.91 Å². The van der Waals surface area contributed by atoms with E-state index in [1.54, 1.807) is 12.1 Å². The Balaban J connectivity index is 1.49. The van der Waals surface area contributed by atoms with Crippen LogP contribution < -0.4 is 16.0 Å². The van der Waals surface area contributed by atoms with Crippen LogP contribution in [0.15, 0.2) is 66.2 Å². The van der Waals surface area contributed by atoms with E-state index >= 15 is 0 Å². The molecule has 0 saturated heterocycles. The van der Waals surface area contributed by atoms with Crippen LogP contribution in [0, 0.1) is 0 Å². The Hall–Kier alpha value is -3.08. The average molecular weight is 377 g/mol. The lowest BCUT2D eigenvalue weighted by Crippen LogP contribution is -2.31. The highest BCUT2D eigenvalue weighted by molar-refractivity contribution is 6.08. The summed E-state index contributed by atoms with van der Waals surface area (Å²) in [5.74, 6) is -0.284. The minimum atomic E-state index is -0.209. The molecule has 5 heteroatoms. The minimum absolute atomic E-state index is 0.0744. The van der Waals surface area contributed by atoms with Crippen molar-refractivity contribution < 1.29 is 9.59 Å². The molecule has 0 radical (unpaired) electrons. The van der Waals surface area contributed by atoms with Crippen LogP contribution >= 0.6 is 0 Å². The Kier molecular flexibility index (Phi) is 7.24. The van der Waals surface area contributed by atoms with Gasteiger partial charge < -0.3 is 16.0 Å². The van der Waals surface area contributed by atoms with Crippen molar-refractivity contribution in [2.24, 2.45) is 0 Å². The molecule has 2 amide bonds. The molecule has 3 N–H and O–H groups in total. The van der Waals surface area contributed by atoms with Gasteiger partial charge in [-0.2, -0.15) is 0 Å². The van der Waals surface area contributed by atoms with Gasteiger partial charge in [-0.3, -0.25) is 9.59 Å². The summed E-state index contributed by atoms with van der Waals surface area (Å²) in [6.45, 7) is 0.789. The first kappa shape index (κ1) is 19.7. The normalized spacial score (nSPS) is 13.4. The van der Waals surface area contributed by atoms with Crippen LogP contribution in [0.4, 0.5) is 11.4 Å². The first-order valence-electron chi connectivity index (χ1n) is 9.86. The molecular formula is C23H27N3O2. The maximum Gasteiger partial charge on any atom is 0.257 e. The number of amides is 2. The molecule has 1 aliphatic rings. The minimum Gasteiger partial charge on any atom is -0.376 e. The molecule has 0 aromatic heterocycles. The van der Waals surface area contributed by atoms with Crippen molar-refractivity contribution in [3.8, 4) is 0 Å². The quantitative estimate of drug-likeness (QED) is 0.599. The molecule has 0 bridgehead atoms. The van der Waals surface area contributed by atoms with Gasteiger partial charge in [0.1, 0.15) is 0 Å². The third kappa shape index (κ3) is 5.98. The summed E-state index contributed by atoms with van der Waals surface area (Å²) in [5, 5.41) is 8.90. The molecule has 28 heavy (non-hydrogen) atoms. The second kappa shape index (κ2) is 10.3. The summed E-state index contributed by atoms with van der Waals surface area (Å²) < 4.78 is 0. The van der Waals surface area contributed by atoms with Crippen molar-refractivity contribution in [2.45, 2.75) is 32.1 Å². The summed E-state index contributed by atoms with van der Waals surface area (Å²) in [6, 6.07) is 16.5. The molecule has 3 rings (SSSR count). The molecular weight excluding hydrogens is 350 g/mol. The van der Waals surface area contributed by atoms with Gasteiger partial charge in [-0.05, 0) is 56.4 Å². The zero-order valence-corrected chi connectivity index (χ0v) is 16.0. The number of hydrogen-bond donors (Lipinski definition) is 3. The smallest absolute Gasteiger partial charge is 0.257 e. The molecule has 0 unspecified atom stereocenters. The molecule has 2 aromatic rings. The second-order valence-electron chi connectivity index (χ2n) is 6.93. The van der Waals surface area contributed by atoms with Crippen molar-refractivity contribution in [1.29, 1.82) is 0 Å². The van der Waals surface area contributed by atoms with Crippen molar-refractivity contribution in [1.82, 2.24) is 5.32 Å². The van der Waals surface area contributed by atoms with Crippen molar-refractivity contribution in [3.05, 3.63) is 71.8 Å². The lowest BCUT2D eigenvalue weighted by Gasteiger charge is -2.14. The van der Waals surface area contributed by atoms with Gasteiger partial charge in [-0.25, -0.2) is 0 Å². The van der Waals surface area contributed by atoms with Gasteiger partial charge >= 0.3 is 0 Å². The average Bonchev–Trinajstić information content (AvgIpc) is 2.74. The summed E-state index contributed by atoms with van der Waals surface area (Å²) in [4.78, 5) is 24.7. The first-order valence-corrected chi connectivity index (χ1v) is 9.86. The van der Waals surface area contributed by atoms with E-state index in [0.717, 1.165) is 24.9 Å². The molecule has 0 fully saturated rings. The molecule has 5 nitrogen and oxygen atoms in total. The predicted octanol–water partition coefficient (Wildman–Crippen LogP) is 4.36. The number of rotatable bonds is 8. The standard InChI is InChI=1S/C23H27N3O2/c27-22(24-16-15-18-9-3-1-4-10-18)17-25-21-14-8-7-13-20(21)23(28)26-19-11-5-2-6-12-19/h2,5-9,11-14,25H,1,3-4,10,15-17H2,(H,24,27)(H,26,28). The van der Waals surface area contributed by atoms with Crippen molar-refractivity contribution >= 4 is 23.2 Å². The molecule has 146 valence electrons. The summed E-state index contributed by atoms with van der Waals surface area (Å²) in [5.41, 5.74) is 3.33. The van der Waals surface area contributed by atoms with E-state index in [1.165, 1.54) is 18.4 Å². The highest BCUT2D eigenvalue weighted by Crippen LogP contribution is 2.19. The van der Waals surface area contributed by atoms with Crippen LogP contribution in [0.1, 0.15) is 42.5 Å². The molecule has 1 aliphatic carbocycles. The van der Waals surface area contributed by atoms with Crippen molar-refractivity contribution in [3.63, 3.8) is 0 Å². The van der Waals surface area contributed by atoms with E-state index in [0.29, 0.717) is 17.8 Å². The van der Waals surface area contributed by atoms with Crippen LogP contribution in [0.3, 0.4) is 0 Å². The number of hydrogen-bond acceptors (Lipinski definition) is 3. The molecule has 0 aliphatic heterocycles. The maximum absolute atomic E-state index is 12.6. The fraction of sp³-hybridized carbons (Fsp3) is 0.304. The number of allylic oxidation sites excluding steroid dienone is 1. The lowest BCUT2D eigenvalue weighted by molar-refractivity contribution is -0.119. The number of carbonyl (C=O) groups is 2. The van der Waals surface area contributed by atoms with E-state index in [-0.39, 0.29) is 18.4 Å². The fourth-order valence-electron chi connectivity index (χ4n) is 3.29. The van der Waals surface area contributed by atoms with Crippen molar-refractivity contribution in [2.75, 3.05) is 23.7 Å². The topological polar surface area (TPSA) is 70.2 Å². The van der Waals surface area contributed by atoms with E-state index in [2.05, 4.69) is 22.0 Å². The van der Waals surface area contributed by atoms with E-state index in [9.17, 15) is 9.59 Å². The molecule has 0 heterocycles. The Morgan fingerprint density at radius 1 is 0.929 bits per heavy atom. The van der Waals surface area contributed by atoms with Gasteiger partial charge in [0.05, 0.1) is 12.1 Å². The molecule has 0 saturated carbocycles. The van der Waals surface area contributed by atoms with Gasteiger partial charge in [0.2, 0.25) is 5.91 Å². The predicted molar refractivity (Wildman–Crippen MR) is 114 cm³/mol. The summed E-state index contributed by atoms with van der Waals surface area (Å²) in [6.07, 6.45) is 8.06. The highest BCUT2D eigenvalue weighted by Gasteiger charge is 2.12. The van der Waals surface area contributed by atoms with Crippen LogP contribution in [0.2, 0.25) is 0 Å². The Labute approximate surface area is 166 Å². The van der Waals surface area contributed by atoms with Gasteiger partial charge in [0, 0.05) is 17.9 Å². The molecule has 2 aromatic carbocycles. The van der Waals surface area contributed by atoms with Crippen LogP contribution in [-0.4, -0.2) is 24.9 Å². The number of nitrogens with one attached hydrogen (secondary N) is 3. The zero-order chi connectivity index (χ0) is 19.6. The van der Waals surface area contributed by atoms with E-state index in [1.807, 2.05) is 42.5 Å². The van der Waals surface area contributed by atoms with Gasteiger partial charge in [-0.15, -0.1) is 0 Å². The third-order valence-corrected chi connectivity index (χ3v) is 4.80. The monoisotopic (exact) mass is 377 g/mol. The van der Waals surface area contributed by atoms with Crippen LogP contribution in [0.5, 0.6) is 0 Å². The number of carbonyl (C=O) groups excluding carboxylic acids is 2. The number of anilines is 2. The highest BCUT2D eigenvalue weighted by atomic mass is 16.2. The van der Waals surface area contributed by atoms with E-state index < -0.39 is 0 Å². The molecule has 0 atom stereocenters. The number of para-hydroxylation sites is 2. The Bertz CT molecular complexity index is 831. The molecule has 0 spiro atoms. The Morgan fingerprint density at radius 3 is 2.50 bits per heavy atom. The number of benzene rings is 2. The SMILES string of the molecule is O=C(CNc1ccccc1C(=O)Nc1ccccc1)NCCC1=CCCCC1. The van der Waals surface area contributed by atoms with E-state index in [4.69, 9.17) is 0 Å².